The Kier molecular flexibility index (Phi) is 2.79. The molecule has 1 fully saturated rings. The summed E-state index contributed by atoms with van der Waals surface area (Å²) in [5, 5.41) is 9.11. The third kappa shape index (κ3) is 1.88. The molecule has 0 N–H and O–H groups in total. The van der Waals surface area contributed by atoms with Gasteiger partial charge in [-0.15, -0.1) is 0 Å². The zero-order valence-corrected chi connectivity index (χ0v) is 10.1. The van der Waals surface area contributed by atoms with Crippen molar-refractivity contribution in [3.05, 3.63) is 41.7 Å². The molecule has 0 bridgehead atoms. The van der Waals surface area contributed by atoms with Crippen LogP contribution in [0.25, 0.3) is 0 Å². The van der Waals surface area contributed by atoms with Crippen LogP contribution in [-0.4, -0.2) is 13.1 Å². The van der Waals surface area contributed by atoms with E-state index in [0.717, 1.165) is 31.6 Å². The second-order valence-corrected chi connectivity index (χ2v) is 5.14. The second-order valence-electron chi connectivity index (χ2n) is 5.14. The van der Waals surface area contributed by atoms with Gasteiger partial charge >= 0.3 is 0 Å². The zero-order valence-electron chi connectivity index (χ0n) is 10.1. The van der Waals surface area contributed by atoms with Crippen molar-refractivity contribution < 1.29 is 4.39 Å². The first kappa shape index (κ1) is 11.3. The van der Waals surface area contributed by atoms with Gasteiger partial charge in [0.15, 0.2) is 0 Å². The maximum absolute atomic E-state index is 13.1. The minimum atomic E-state index is -0.339. The third-order valence-electron chi connectivity index (χ3n) is 4.04. The van der Waals surface area contributed by atoms with Crippen LogP contribution in [0.2, 0.25) is 0 Å². The van der Waals surface area contributed by atoms with Crippen molar-refractivity contribution in [1.82, 2.24) is 0 Å². The van der Waals surface area contributed by atoms with Gasteiger partial charge in [-0.3, -0.25) is 0 Å². The van der Waals surface area contributed by atoms with Crippen LogP contribution in [0.3, 0.4) is 0 Å². The molecule has 0 saturated carbocycles. The molecular weight excluding hydrogens is 227 g/mol. The second kappa shape index (κ2) is 4.45. The van der Waals surface area contributed by atoms with Crippen molar-refractivity contribution in [3.63, 3.8) is 0 Å². The van der Waals surface area contributed by atoms with Crippen molar-refractivity contribution >= 4 is 5.69 Å². The minimum absolute atomic E-state index is 0.339. The molecule has 0 spiro atoms. The summed E-state index contributed by atoms with van der Waals surface area (Å²) >= 11 is 0. The van der Waals surface area contributed by atoms with Crippen LogP contribution in [0.5, 0.6) is 0 Å². The number of anilines is 1. The largest absolute Gasteiger partial charge is 0.370 e. The van der Waals surface area contributed by atoms with E-state index in [2.05, 4.69) is 23.1 Å². The monoisotopic (exact) mass is 242 g/mol. The number of halogens is 1. The molecule has 3 rings (SSSR count). The first-order chi connectivity index (χ1) is 8.78. The van der Waals surface area contributed by atoms with Crippen LogP contribution in [0.15, 0.2) is 30.4 Å². The van der Waals surface area contributed by atoms with E-state index < -0.39 is 0 Å². The Morgan fingerprint density at radius 2 is 1.83 bits per heavy atom. The van der Waals surface area contributed by atoms with E-state index in [0.29, 0.717) is 17.4 Å². The van der Waals surface area contributed by atoms with E-state index in [1.54, 1.807) is 6.07 Å². The van der Waals surface area contributed by atoms with E-state index in [-0.39, 0.29) is 5.82 Å². The highest BCUT2D eigenvalue weighted by atomic mass is 19.1. The number of hydrogen-bond donors (Lipinski definition) is 0. The molecule has 1 aromatic carbocycles. The molecule has 2 atom stereocenters. The normalized spacial score (nSPS) is 25.9. The molecule has 1 aliphatic heterocycles. The van der Waals surface area contributed by atoms with Crippen LogP contribution in [-0.2, 0) is 0 Å². The topological polar surface area (TPSA) is 27.0 Å². The summed E-state index contributed by atoms with van der Waals surface area (Å²) < 4.78 is 13.1. The summed E-state index contributed by atoms with van der Waals surface area (Å²) in [5.74, 6) is 1.03. The number of nitriles is 1. The fourth-order valence-corrected chi connectivity index (χ4v) is 3.09. The molecule has 0 amide bonds. The molecule has 1 aliphatic carbocycles. The third-order valence-corrected chi connectivity index (χ3v) is 4.04. The Morgan fingerprint density at radius 3 is 2.44 bits per heavy atom. The van der Waals surface area contributed by atoms with E-state index >= 15 is 0 Å². The maximum atomic E-state index is 13.1. The molecular formula is C15H15FN2. The lowest BCUT2D eigenvalue weighted by molar-refractivity contribution is 0.411. The van der Waals surface area contributed by atoms with Gasteiger partial charge in [0, 0.05) is 13.1 Å². The Labute approximate surface area is 106 Å². The molecule has 0 aromatic heterocycles. The highest BCUT2D eigenvalue weighted by Gasteiger charge is 2.33. The van der Waals surface area contributed by atoms with Gasteiger partial charge in [-0.1, -0.05) is 12.2 Å². The minimum Gasteiger partial charge on any atom is -0.370 e. The van der Waals surface area contributed by atoms with E-state index in [4.69, 9.17) is 5.26 Å². The molecule has 18 heavy (non-hydrogen) atoms. The van der Waals surface area contributed by atoms with Gasteiger partial charge in [-0.2, -0.15) is 5.26 Å². The highest BCUT2D eigenvalue weighted by molar-refractivity contribution is 5.60. The number of fused-ring (bicyclic) bond motifs is 1. The SMILES string of the molecule is N#Cc1cc(F)ccc1N1CC2CC=CCC2C1. The van der Waals surface area contributed by atoms with Crippen LogP contribution in [0.1, 0.15) is 18.4 Å². The Bertz CT molecular complexity index is 514. The lowest BCUT2D eigenvalue weighted by Gasteiger charge is -2.19. The van der Waals surface area contributed by atoms with Gasteiger partial charge < -0.3 is 4.90 Å². The standard InChI is InChI=1S/C15H15FN2/c16-14-5-6-15(13(7-14)8-17)18-9-11-3-1-2-4-12(11)10-18/h1-2,5-7,11-12H,3-4,9-10H2. The number of allylic oxidation sites excluding steroid dienone is 2. The van der Waals surface area contributed by atoms with Crippen molar-refractivity contribution in [2.75, 3.05) is 18.0 Å². The molecule has 2 unspecified atom stereocenters. The molecule has 0 radical (unpaired) electrons. The summed E-state index contributed by atoms with van der Waals surface area (Å²) in [7, 11) is 0. The first-order valence-electron chi connectivity index (χ1n) is 6.37. The average Bonchev–Trinajstić information content (AvgIpc) is 2.82. The summed E-state index contributed by atoms with van der Waals surface area (Å²) in [6.07, 6.45) is 6.76. The molecule has 92 valence electrons. The maximum Gasteiger partial charge on any atom is 0.124 e. The summed E-state index contributed by atoms with van der Waals surface area (Å²) in [4.78, 5) is 2.24. The van der Waals surface area contributed by atoms with Gasteiger partial charge in [0.2, 0.25) is 0 Å². The number of benzene rings is 1. The first-order valence-corrected chi connectivity index (χ1v) is 6.37. The van der Waals surface area contributed by atoms with Gasteiger partial charge in [-0.05, 0) is 42.9 Å². The van der Waals surface area contributed by atoms with Gasteiger partial charge in [-0.25, -0.2) is 4.39 Å². The van der Waals surface area contributed by atoms with E-state index in [9.17, 15) is 4.39 Å². The van der Waals surface area contributed by atoms with E-state index in [1.165, 1.54) is 12.1 Å². The van der Waals surface area contributed by atoms with Crippen molar-refractivity contribution in [2.45, 2.75) is 12.8 Å². The molecule has 2 aliphatic rings. The highest BCUT2D eigenvalue weighted by Crippen LogP contribution is 2.36. The van der Waals surface area contributed by atoms with Crippen molar-refractivity contribution in [3.8, 4) is 6.07 Å². The molecule has 1 saturated heterocycles. The van der Waals surface area contributed by atoms with E-state index in [1.807, 2.05) is 0 Å². The predicted molar refractivity (Wildman–Crippen MR) is 68.7 cm³/mol. The average molecular weight is 242 g/mol. The van der Waals surface area contributed by atoms with Crippen LogP contribution >= 0.6 is 0 Å². The fourth-order valence-electron chi connectivity index (χ4n) is 3.09. The summed E-state index contributed by atoms with van der Waals surface area (Å²) in [5.41, 5.74) is 1.33. The van der Waals surface area contributed by atoms with Gasteiger partial charge in [0.05, 0.1) is 11.3 Å². The molecule has 3 heteroatoms. The summed E-state index contributed by atoms with van der Waals surface area (Å²) in [6, 6.07) is 6.60. The van der Waals surface area contributed by atoms with Crippen molar-refractivity contribution in [1.29, 1.82) is 5.26 Å². The zero-order chi connectivity index (χ0) is 12.5. The van der Waals surface area contributed by atoms with Crippen LogP contribution in [0, 0.1) is 29.0 Å². The molecule has 1 aromatic rings. The molecule has 1 heterocycles. The Hall–Kier alpha value is -1.82. The lowest BCUT2D eigenvalue weighted by atomic mass is 9.86. The van der Waals surface area contributed by atoms with Gasteiger partial charge in [0.1, 0.15) is 11.9 Å². The quantitative estimate of drug-likeness (QED) is 0.707. The Balaban J connectivity index is 1.87. The smallest absolute Gasteiger partial charge is 0.124 e. The van der Waals surface area contributed by atoms with Gasteiger partial charge in [0.25, 0.3) is 0 Å². The van der Waals surface area contributed by atoms with Crippen LogP contribution in [0.4, 0.5) is 10.1 Å². The lowest BCUT2D eigenvalue weighted by Crippen LogP contribution is -2.20. The number of rotatable bonds is 1. The number of nitrogens with zero attached hydrogens (tertiary/aromatic N) is 2. The fraction of sp³-hybridized carbons (Fsp3) is 0.400. The number of hydrogen-bond acceptors (Lipinski definition) is 2. The summed E-state index contributed by atoms with van der Waals surface area (Å²) in [6.45, 7) is 1.96. The predicted octanol–water partition coefficient (Wildman–Crippen LogP) is 3.10. The Morgan fingerprint density at radius 1 is 1.17 bits per heavy atom. The van der Waals surface area contributed by atoms with Crippen LogP contribution < -0.4 is 4.90 Å². The molecule has 2 nitrogen and oxygen atoms in total. The van der Waals surface area contributed by atoms with Crippen molar-refractivity contribution in [2.24, 2.45) is 11.8 Å².